The molecule has 10 aromatic rings. The van der Waals surface area contributed by atoms with Gasteiger partial charge in [0.15, 0.2) is 5.82 Å². The summed E-state index contributed by atoms with van der Waals surface area (Å²) in [6.07, 6.45) is 0. The van der Waals surface area contributed by atoms with Gasteiger partial charge < -0.3 is 4.57 Å². The molecule has 0 atom stereocenters. The van der Waals surface area contributed by atoms with Crippen molar-refractivity contribution in [2.24, 2.45) is 0 Å². The molecule has 1 aliphatic rings. The van der Waals surface area contributed by atoms with Gasteiger partial charge in [0.1, 0.15) is 0 Å². The largest absolute Gasteiger partial charge is 0.309 e. The molecule has 3 aromatic heterocycles. The molecular weight excluding hydrogens is 639 g/mol. The summed E-state index contributed by atoms with van der Waals surface area (Å²) in [5, 5.41) is 6.36. The quantitative estimate of drug-likeness (QED) is 0.187. The van der Waals surface area contributed by atoms with Crippen LogP contribution in [0.1, 0.15) is 25.0 Å². The lowest BCUT2D eigenvalue weighted by Crippen LogP contribution is -2.16. The van der Waals surface area contributed by atoms with Crippen LogP contribution in [-0.4, -0.2) is 14.5 Å². The van der Waals surface area contributed by atoms with E-state index in [0.717, 1.165) is 39.2 Å². The number of hydrogen-bond donors (Lipinski definition) is 0. The van der Waals surface area contributed by atoms with Gasteiger partial charge in [-0.2, -0.15) is 0 Å². The number of fused-ring (bicyclic) bond motifs is 13. The molecule has 0 saturated carbocycles. The Morgan fingerprint density at radius 2 is 1.27 bits per heavy atom. The zero-order chi connectivity index (χ0) is 33.8. The first-order chi connectivity index (χ1) is 25.1. The Morgan fingerprint density at radius 1 is 0.588 bits per heavy atom. The molecule has 0 aliphatic heterocycles. The van der Waals surface area contributed by atoms with Gasteiger partial charge in [0, 0.05) is 58.6 Å². The Hall–Kier alpha value is -6.10. The third kappa shape index (κ3) is 3.94. The van der Waals surface area contributed by atoms with Crippen molar-refractivity contribution in [3.8, 4) is 39.5 Å². The Morgan fingerprint density at radius 3 is 2.10 bits per heavy atom. The van der Waals surface area contributed by atoms with Crippen molar-refractivity contribution in [3.63, 3.8) is 0 Å². The highest BCUT2D eigenvalue weighted by Crippen LogP contribution is 2.58. The van der Waals surface area contributed by atoms with Crippen LogP contribution in [0.25, 0.3) is 92.3 Å². The first kappa shape index (κ1) is 28.7. The van der Waals surface area contributed by atoms with Crippen LogP contribution in [0.4, 0.5) is 0 Å². The molecule has 51 heavy (non-hydrogen) atoms. The van der Waals surface area contributed by atoms with E-state index in [0.29, 0.717) is 0 Å². The third-order valence-electron chi connectivity index (χ3n) is 10.9. The standard InChI is InChI=1S/C47H31N3S/c1-47(2)35-22-12-9-19-31(35)39-40-33-21-11-14-24-38(33)51-45(40)41-32-20-10-13-23-37(32)50(44(41)42(39)47)30-25-26-36-34(27-30)43(28-15-5-3-6-16-28)49-46(48-36)29-17-7-4-8-18-29/h3-27H,1-2H3. The maximum absolute atomic E-state index is 5.24. The van der Waals surface area contributed by atoms with Crippen LogP contribution >= 0.6 is 11.3 Å². The highest BCUT2D eigenvalue weighted by atomic mass is 32.1. The number of para-hydroxylation sites is 1. The molecule has 1 aliphatic carbocycles. The molecule has 0 N–H and O–H groups in total. The van der Waals surface area contributed by atoms with Crippen LogP contribution in [0.2, 0.25) is 0 Å². The number of nitrogens with zero attached hydrogens (tertiary/aromatic N) is 3. The van der Waals surface area contributed by atoms with Gasteiger partial charge in [-0.1, -0.05) is 135 Å². The fourth-order valence-corrected chi connectivity index (χ4v) is 10.0. The summed E-state index contributed by atoms with van der Waals surface area (Å²) in [6.45, 7) is 4.82. The SMILES string of the molecule is CC1(C)c2ccccc2-c2c1c1c(c3ccccc3n1-c1ccc3nc(-c4ccccc4)nc(-c4ccccc4)c3c1)c1sc3ccccc3c21. The van der Waals surface area contributed by atoms with Crippen molar-refractivity contribution in [3.05, 3.63) is 163 Å². The summed E-state index contributed by atoms with van der Waals surface area (Å²) in [6, 6.07) is 54.5. The average Bonchev–Trinajstić information content (AvgIpc) is 3.81. The highest BCUT2D eigenvalue weighted by Gasteiger charge is 2.41. The summed E-state index contributed by atoms with van der Waals surface area (Å²) in [5.41, 5.74) is 12.8. The van der Waals surface area contributed by atoms with E-state index < -0.39 is 0 Å². The second-order valence-electron chi connectivity index (χ2n) is 14.1. The van der Waals surface area contributed by atoms with Crippen LogP contribution in [0, 0.1) is 0 Å². The van der Waals surface area contributed by atoms with Gasteiger partial charge in [-0.3, -0.25) is 0 Å². The van der Waals surface area contributed by atoms with Gasteiger partial charge >= 0.3 is 0 Å². The number of aromatic nitrogens is 3. The topological polar surface area (TPSA) is 30.7 Å². The Balaban J connectivity index is 1.31. The number of benzene rings is 7. The van der Waals surface area contributed by atoms with Gasteiger partial charge in [0.25, 0.3) is 0 Å². The Kier molecular flexibility index (Phi) is 5.89. The first-order valence-corrected chi connectivity index (χ1v) is 18.3. The van der Waals surface area contributed by atoms with E-state index in [9.17, 15) is 0 Å². The lowest BCUT2D eigenvalue weighted by Gasteiger charge is -2.24. The van der Waals surface area contributed by atoms with Crippen molar-refractivity contribution in [2.75, 3.05) is 0 Å². The van der Waals surface area contributed by atoms with Gasteiger partial charge in [0.05, 0.1) is 22.2 Å². The molecule has 7 aromatic carbocycles. The Bertz CT molecular complexity index is 3040. The lowest BCUT2D eigenvalue weighted by atomic mass is 9.81. The van der Waals surface area contributed by atoms with Gasteiger partial charge in [-0.15, -0.1) is 11.3 Å². The minimum absolute atomic E-state index is 0.215. The van der Waals surface area contributed by atoms with Crippen molar-refractivity contribution < 1.29 is 0 Å². The van der Waals surface area contributed by atoms with Crippen molar-refractivity contribution in [2.45, 2.75) is 19.3 Å². The molecule has 3 heterocycles. The molecule has 0 amide bonds. The fourth-order valence-electron chi connectivity index (χ4n) is 8.73. The van der Waals surface area contributed by atoms with E-state index in [2.05, 4.69) is 152 Å². The zero-order valence-corrected chi connectivity index (χ0v) is 29.0. The normalized spacial score (nSPS) is 13.5. The minimum Gasteiger partial charge on any atom is -0.309 e. The monoisotopic (exact) mass is 669 g/mol. The molecule has 0 radical (unpaired) electrons. The smallest absolute Gasteiger partial charge is 0.160 e. The summed E-state index contributed by atoms with van der Waals surface area (Å²) in [5.74, 6) is 0.732. The molecule has 11 rings (SSSR count). The maximum atomic E-state index is 5.24. The molecule has 3 nitrogen and oxygen atoms in total. The average molecular weight is 670 g/mol. The second kappa shape index (κ2) is 10.5. The summed E-state index contributed by atoms with van der Waals surface area (Å²) < 4.78 is 5.21. The van der Waals surface area contributed by atoms with E-state index >= 15 is 0 Å². The fraction of sp³-hybridized carbons (Fsp3) is 0.0638. The predicted molar refractivity (Wildman–Crippen MR) is 215 cm³/mol. The second-order valence-corrected chi connectivity index (χ2v) is 15.2. The van der Waals surface area contributed by atoms with Crippen LogP contribution in [0.15, 0.2) is 152 Å². The van der Waals surface area contributed by atoms with E-state index in [1.54, 1.807) is 0 Å². The number of hydrogen-bond acceptors (Lipinski definition) is 3. The zero-order valence-electron chi connectivity index (χ0n) is 28.2. The predicted octanol–water partition coefficient (Wildman–Crippen LogP) is 12.7. The van der Waals surface area contributed by atoms with E-state index in [1.807, 2.05) is 29.5 Å². The first-order valence-electron chi connectivity index (χ1n) is 17.5. The Labute approximate surface area is 299 Å². The summed E-state index contributed by atoms with van der Waals surface area (Å²) >= 11 is 1.92. The number of rotatable bonds is 3. The van der Waals surface area contributed by atoms with Gasteiger partial charge in [-0.25, -0.2) is 9.97 Å². The van der Waals surface area contributed by atoms with Crippen molar-refractivity contribution in [1.82, 2.24) is 14.5 Å². The van der Waals surface area contributed by atoms with E-state index in [1.165, 1.54) is 64.2 Å². The molecular formula is C47H31N3S. The lowest BCUT2D eigenvalue weighted by molar-refractivity contribution is 0.664. The molecule has 0 unspecified atom stereocenters. The van der Waals surface area contributed by atoms with Crippen LogP contribution in [0.3, 0.4) is 0 Å². The number of thiophene rings is 1. The van der Waals surface area contributed by atoms with Crippen LogP contribution < -0.4 is 0 Å². The molecule has 240 valence electrons. The molecule has 4 heteroatoms. The van der Waals surface area contributed by atoms with Crippen molar-refractivity contribution in [1.29, 1.82) is 0 Å². The maximum Gasteiger partial charge on any atom is 0.160 e. The molecule has 0 bridgehead atoms. The van der Waals surface area contributed by atoms with Crippen LogP contribution in [-0.2, 0) is 5.41 Å². The van der Waals surface area contributed by atoms with E-state index in [4.69, 9.17) is 9.97 Å². The van der Waals surface area contributed by atoms with E-state index in [-0.39, 0.29) is 5.41 Å². The molecule has 0 fully saturated rings. The van der Waals surface area contributed by atoms with Gasteiger partial charge in [0.2, 0.25) is 0 Å². The highest BCUT2D eigenvalue weighted by molar-refractivity contribution is 7.27. The molecule has 0 saturated heterocycles. The van der Waals surface area contributed by atoms with Gasteiger partial charge in [-0.05, 0) is 52.6 Å². The van der Waals surface area contributed by atoms with Crippen LogP contribution in [0.5, 0.6) is 0 Å². The summed E-state index contributed by atoms with van der Waals surface area (Å²) in [7, 11) is 0. The van der Waals surface area contributed by atoms with Crippen molar-refractivity contribution >= 4 is 64.2 Å². The minimum atomic E-state index is -0.215. The molecule has 0 spiro atoms. The third-order valence-corrected chi connectivity index (χ3v) is 12.1. The summed E-state index contributed by atoms with van der Waals surface area (Å²) in [4.78, 5) is 10.4.